The predicted molar refractivity (Wildman–Crippen MR) is 98.1 cm³/mol. The van der Waals surface area contributed by atoms with Gasteiger partial charge in [-0.1, -0.05) is 12.1 Å². The molecule has 3 heterocycles. The van der Waals surface area contributed by atoms with E-state index in [1.807, 2.05) is 24.3 Å². The molecule has 0 radical (unpaired) electrons. The van der Waals surface area contributed by atoms with E-state index in [9.17, 15) is 9.59 Å². The summed E-state index contributed by atoms with van der Waals surface area (Å²) in [6.45, 7) is 0.976. The normalized spacial score (nSPS) is 17.9. The molecule has 5 rings (SSSR count). The second kappa shape index (κ2) is 6.01. The van der Waals surface area contributed by atoms with Crippen LogP contribution in [0.15, 0.2) is 42.5 Å². The molecule has 0 saturated heterocycles. The number of benzene rings is 2. The Labute approximate surface area is 154 Å². The molecule has 0 bridgehead atoms. The zero-order valence-corrected chi connectivity index (χ0v) is 14.3. The van der Waals surface area contributed by atoms with E-state index in [-0.39, 0.29) is 18.2 Å². The standard InChI is InChI=1S/C19H16N4O4/c24-17-10-14(23-13-4-2-1-3-12(13)21-19(23)22-17)18(25)20-11-5-6-15-16(9-11)27-8-7-26-15/h1-6,9,14H,7-8,10H2,(H,20,25)(H,21,22,24)/t14-/m0/s1. The second-order valence-corrected chi connectivity index (χ2v) is 6.41. The molecule has 27 heavy (non-hydrogen) atoms. The molecule has 1 atom stereocenters. The number of nitrogens with zero attached hydrogens (tertiary/aromatic N) is 2. The number of fused-ring (bicyclic) bond motifs is 4. The number of amides is 2. The highest BCUT2D eigenvalue weighted by Gasteiger charge is 2.33. The van der Waals surface area contributed by atoms with E-state index in [1.54, 1.807) is 22.8 Å². The largest absolute Gasteiger partial charge is 0.486 e. The van der Waals surface area contributed by atoms with Crippen LogP contribution in [0.3, 0.4) is 0 Å². The van der Waals surface area contributed by atoms with Crippen molar-refractivity contribution in [1.29, 1.82) is 0 Å². The molecule has 3 aromatic rings. The molecule has 2 N–H and O–H groups in total. The Hall–Kier alpha value is -3.55. The number of imidazole rings is 1. The smallest absolute Gasteiger partial charge is 0.248 e. The third kappa shape index (κ3) is 2.66. The van der Waals surface area contributed by atoms with Crippen LogP contribution in [-0.4, -0.2) is 34.6 Å². The topological polar surface area (TPSA) is 94.5 Å². The van der Waals surface area contributed by atoms with Crippen molar-refractivity contribution in [2.24, 2.45) is 0 Å². The Morgan fingerprint density at radius 3 is 2.85 bits per heavy atom. The van der Waals surface area contributed by atoms with Gasteiger partial charge < -0.3 is 14.8 Å². The Morgan fingerprint density at radius 1 is 1.15 bits per heavy atom. The van der Waals surface area contributed by atoms with E-state index in [1.165, 1.54) is 0 Å². The molecule has 8 heteroatoms. The van der Waals surface area contributed by atoms with E-state index in [2.05, 4.69) is 15.6 Å². The molecule has 0 saturated carbocycles. The van der Waals surface area contributed by atoms with Crippen molar-refractivity contribution in [3.05, 3.63) is 42.5 Å². The highest BCUT2D eigenvalue weighted by Crippen LogP contribution is 2.34. The first-order valence-corrected chi connectivity index (χ1v) is 8.66. The predicted octanol–water partition coefficient (Wildman–Crippen LogP) is 2.33. The van der Waals surface area contributed by atoms with Gasteiger partial charge in [-0.3, -0.25) is 19.5 Å². The summed E-state index contributed by atoms with van der Waals surface area (Å²) in [5.74, 6) is 1.11. The fourth-order valence-electron chi connectivity index (χ4n) is 3.45. The summed E-state index contributed by atoms with van der Waals surface area (Å²) in [7, 11) is 0. The summed E-state index contributed by atoms with van der Waals surface area (Å²) in [6, 6.07) is 12.0. The van der Waals surface area contributed by atoms with Crippen LogP contribution in [0.4, 0.5) is 11.6 Å². The van der Waals surface area contributed by atoms with Crippen LogP contribution in [0.2, 0.25) is 0 Å². The van der Waals surface area contributed by atoms with E-state index in [0.717, 1.165) is 11.0 Å². The van der Waals surface area contributed by atoms with Gasteiger partial charge in [-0.25, -0.2) is 4.98 Å². The maximum Gasteiger partial charge on any atom is 0.248 e. The highest BCUT2D eigenvalue weighted by molar-refractivity contribution is 6.03. The van der Waals surface area contributed by atoms with Gasteiger partial charge in [0.1, 0.15) is 19.3 Å². The van der Waals surface area contributed by atoms with Crippen molar-refractivity contribution >= 4 is 34.5 Å². The number of carbonyl (C=O) groups is 2. The zero-order valence-electron chi connectivity index (χ0n) is 14.3. The molecule has 0 fully saturated rings. The van der Waals surface area contributed by atoms with E-state index >= 15 is 0 Å². The first-order valence-electron chi connectivity index (χ1n) is 8.66. The average Bonchev–Trinajstić information content (AvgIpc) is 3.05. The molecular weight excluding hydrogens is 348 g/mol. The van der Waals surface area contributed by atoms with Crippen molar-refractivity contribution in [2.75, 3.05) is 23.8 Å². The van der Waals surface area contributed by atoms with Crippen molar-refractivity contribution in [2.45, 2.75) is 12.5 Å². The van der Waals surface area contributed by atoms with Crippen molar-refractivity contribution in [1.82, 2.24) is 9.55 Å². The van der Waals surface area contributed by atoms with Gasteiger partial charge in [0.05, 0.1) is 17.5 Å². The molecule has 8 nitrogen and oxygen atoms in total. The van der Waals surface area contributed by atoms with Crippen molar-refractivity contribution < 1.29 is 19.1 Å². The maximum atomic E-state index is 13.0. The SMILES string of the molecule is O=C1C[C@@H](C(=O)Nc2ccc3c(c2)OCCO3)n2c(nc3ccccc32)N1. The number of anilines is 2. The number of hydrogen-bond acceptors (Lipinski definition) is 5. The molecule has 0 aliphatic carbocycles. The third-order valence-corrected chi connectivity index (χ3v) is 4.65. The first-order chi connectivity index (χ1) is 13.2. The second-order valence-electron chi connectivity index (χ2n) is 6.41. The summed E-state index contributed by atoms with van der Waals surface area (Å²) in [5, 5.41) is 5.61. The Morgan fingerprint density at radius 2 is 1.96 bits per heavy atom. The quantitative estimate of drug-likeness (QED) is 0.728. The van der Waals surface area contributed by atoms with Crippen molar-refractivity contribution in [3.63, 3.8) is 0 Å². The summed E-state index contributed by atoms with van der Waals surface area (Å²) >= 11 is 0. The van der Waals surface area contributed by atoms with Gasteiger partial charge in [0.15, 0.2) is 11.5 Å². The Kier molecular flexibility index (Phi) is 3.49. The van der Waals surface area contributed by atoms with Gasteiger partial charge in [-0.15, -0.1) is 0 Å². The molecule has 136 valence electrons. The molecule has 2 amide bonds. The minimum atomic E-state index is -0.686. The lowest BCUT2D eigenvalue weighted by Crippen LogP contribution is -2.35. The lowest BCUT2D eigenvalue weighted by molar-refractivity contribution is -0.124. The van der Waals surface area contributed by atoms with Gasteiger partial charge >= 0.3 is 0 Å². The summed E-state index contributed by atoms with van der Waals surface area (Å²) in [4.78, 5) is 29.5. The number of ether oxygens (including phenoxy) is 2. The molecule has 2 aromatic carbocycles. The number of hydrogen-bond donors (Lipinski definition) is 2. The zero-order chi connectivity index (χ0) is 18.4. The van der Waals surface area contributed by atoms with Crippen LogP contribution in [0.5, 0.6) is 11.5 Å². The third-order valence-electron chi connectivity index (χ3n) is 4.65. The van der Waals surface area contributed by atoms with Crippen molar-refractivity contribution in [3.8, 4) is 11.5 Å². The van der Waals surface area contributed by atoms with E-state index < -0.39 is 6.04 Å². The minimum Gasteiger partial charge on any atom is -0.486 e. The molecule has 1 aromatic heterocycles. The summed E-state index contributed by atoms with van der Waals surface area (Å²) in [5.41, 5.74) is 2.11. The van der Waals surface area contributed by atoms with E-state index in [0.29, 0.717) is 36.3 Å². The molecule has 2 aliphatic heterocycles. The Balaban J connectivity index is 1.48. The molecule has 0 unspecified atom stereocenters. The number of para-hydroxylation sites is 2. The van der Waals surface area contributed by atoms with Crippen LogP contribution in [0, 0.1) is 0 Å². The molecule has 0 spiro atoms. The van der Waals surface area contributed by atoms with Crippen LogP contribution in [0.1, 0.15) is 12.5 Å². The summed E-state index contributed by atoms with van der Waals surface area (Å²) in [6.07, 6.45) is 0.0454. The highest BCUT2D eigenvalue weighted by atomic mass is 16.6. The van der Waals surface area contributed by atoms with Crippen LogP contribution < -0.4 is 20.1 Å². The monoisotopic (exact) mass is 364 g/mol. The maximum absolute atomic E-state index is 13.0. The molecular formula is C19H16N4O4. The minimum absolute atomic E-state index is 0.0454. The number of aromatic nitrogens is 2. The van der Waals surface area contributed by atoms with Gasteiger partial charge in [0, 0.05) is 11.8 Å². The van der Waals surface area contributed by atoms with Crippen LogP contribution in [-0.2, 0) is 9.59 Å². The van der Waals surface area contributed by atoms with Gasteiger partial charge in [-0.05, 0) is 24.3 Å². The molecule has 2 aliphatic rings. The van der Waals surface area contributed by atoms with Gasteiger partial charge in [0.25, 0.3) is 0 Å². The lowest BCUT2D eigenvalue weighted by Gasteiger charge is -2.25. The summed E-state index contributed by atoms with van der Waals surface area (Å²) < 4.78 is 12.8. The van der Waals surface area contributed by atoms with Gasteiger partial charge in [0.2, 0.25) is 17.8 Å². The fraction of sp³-hybridized carbons (Fsp3) is 0.211. The van der Waals surface area contributed by atoms with Gasteiger partial charge in [-0.2, -0.15) is 0 Å². The number of nitrogens with one attached hydrogen (secondary N) is 2. The average molecular weight is 364 g/mol. The first kappa shape index (κ1) is 15.7. The van der Waals surface area contributed by atoms with E-state index in [4.69, 9.17) is 9.47 Å². The number of carbonyl (C=O) groups excluding carboxylic acids is 2. The van der Waals surface area contributed by atoms with Crippen LogP contribution in [0.25, 0.3) is 11.0 Å². The Bertz CT molecular complexity index is 1070. The fourth-order valence-corrected chi connectivity index (χ4v) is 3.45. The number of rotatable bonds is 2. The lowest BCUT2D eigenvalue weighted by atomic mass is 10.1. The van der Waals surface area contributed by atoms with Crippen LogP contribution >= 0.6 is 0 Å².